The van der Waals surface area contributed by atoms with E-state index in [2.05, 4.69) is 10.9 Å². The Morgan fingerprint density at radius 2 is 1.87 bits per heavy atom. The quantitative estimate of drug-likeness (QED) is 0.564. The number of rotatable bonds is 3. The van der Waals surface area contributed by atoms with Gasteiger partial charge in [-0.05, 0) is 49.4 Å². The van der Waals surface area contributed by atoms with Gasteiger partial charge in [-0.25, -0.2) is 0 Å². The molecule has 31 heavy (non-hydrogen) atoms. The van der Waals surface area contributed by atoms with Crippen molar-refractivity contribution in [3.63, 3.8) is 0 Å². The van der Waals surface area contributed by atoms with Crippen LogP contribution in [0.5, 0.6) is 11.5 Å². The van der Waals surface area contributed by atoms with Crippen LogP contribution < -0.4 is 25.2 Å². The summed E-state index contributed by atoms with van der Waals surface area (Å²) in [5, 5.41) is 0. The van der Waals surface area contributed by atoms with Crippen molar-refractivity contribution in [2.45, 2.75) is 38.5 Å². The number of ether oxygens (including phenoxy) is 2. The summed E-state index contributed by atoms with van der Waals surface area (Å²) >= 11 is 1.50. The molecule has 0 spiro atoms. The predicted octanol–water partition coefficient (Wildman–Crippen LogP) is 2.56. The van der Waals surface area contributed by atoms with Gasteiger partial charge in [0.1, 0.15) is 0 Å². The van der Waals surface area contributed by atoms with Crippen molar-refractivity contribution in [2.24, 2.45) is 5.92 Å². The maximum Gasteiger partial charge on any atom is 0.279 e. The van der Waals surface area contributed by atoms with E-state index >= 15 is 0 Å². The highest BCUT2D eigenvalue weighted by atomic mass is 32.1. The minimum atomic E-state index is -0.543. The highest BCUT2D eigenvalue weighted by Crippen LogP contribution is 2.37. The predicted molar refractivity (Wildman–Crippen MR) is 114 cm³/mol. The standard InChI is InChI=1S/C22H23N3O5S/c26-20-9-14(11-25(20)15-6-7-16-17(10-15)30-12-29-16)21(27)23-24-22(28)19-8-13-4-2-1-3-5-18(13)31-19/h6-8,10,14H,1-5,9,11-12H2,(H,23,27)(H,24,28). The molecule has 1 unspecified atom stereocenters. The lowest BCUT2D eigenvalue weighted by atomic mass is 10.1. The van der Waals surface area contributed by atoms with Gasteiger partial charge in [0.05, 0.1) is 10.8 Å². The molecule has 1 aromatic heterocycles. The summed E-state index contributed by atoms with van der Waals surface area (Å²) < 4.78 is 10.7. The number of amides is 3. The molecule has 1 atom stereocenters. The third kappa shape index (κ3) is 3.97. The van der Waals surface area contributed by atoms with Gasteiger partial charge in [-0.2, -0.15) is 0 Å². The number of aryl methyl sites for hydroxylation is 2. The summed E-state index contributed by atoms with van der Waals surface area (Å²) in [6, 6.07) is 7.20. The molecule has 3 amide bonds. The fourth-order valence-corrected chi connectivity index (χ4v) is 5.40. The van der Waals surface area contributed by atoms with Gasteiger partial charge in [-0.15, -0.1) is 11.3 Å². The Morgan fingerprint density at radius 1 is 1.03 bits per heavy atom. The molecule has 1 fully saturated rings. The number of fused-ring (bicyclic) bond motifs is 2. The monoisotopic (exact) mass is 441 g/mol. The van der Waals surface area contributed by atoms with Gasteiger partial charge in [0.15, 0.2) is 11.5 Å². The van der Waals surface area contributed by atoms with Crippen LogP contribution in [0.15, 0.2) is 24.3 Å². The van der Waals surface area contributed by atoms with E-state index in [0.717, 1.165) is 25.7 Å². The molecule has 3 aliphatic rings. The number of thiophene rings is 1. The van der Waals surface area contributed by atoms with Gasteiger partial charge in [0.2, 0.25) is 18.6 Å². The Balaban J connectivity index is 1.18. The summed E-state index contributed by atoms with van der Waals surface area (Å²) in [5.41, 5.74) is 6.91. The minimum Gasteiger partial charge on any atom is -0.454 e. The van der Waals surface area contributed by atoms with Crippen LogP contribution in [-0.2, 0) is 22.4 Å². The maximum absolute atomic E-state index is 12.6. The normalized spacial score (nSPS) is 19.7. The van der Waals surface area contributed by atoms with Crippen molar-refractivity contribution in [1.29, 1.82) is 0 Å². The van der Waals surface area contributed by atoms with E-state index in [1.165, 1.54) is 28.2 Å². The molecule has 0 saturated carbocycles. The largest absolute Gasteiger partial charge is 0.454 e. The molecule has 5 rings (SSSR count). The van der Waals surface area contributed by atoms with Crippen molar-refractivity contribution in [3.05, 3.63) is 39.6 Å². The van der Waals surface area contributed by atoms with Crippen LogP contribution in [0, 0.1) is 5.92 Å². The third-order valence-corrected chi connectivity index (χ3v) is 7.17. The van der Waals surface area contributed by atoms with Gasteiger partial charge in [0.25, 0.3) is 5.91 Å². The van der Waals surface area contributed by atoms with E-state index in [1.54, 1.807) is 23.1 Å². The third-order valence-electron chi connectivity index (χ3n) is 5.93. The zero-order chi connectivity index (χ0) is 21.4. The molecule has 2 aliphatic heterocycles. The summed E-state index contributed by atoms with van der Waals surface area (Å²) in [7, 11) is 0. The van der Waals surface area contributed by atoms with Gasteiger partial charge in [-0.1, -0.05) is 6.42 Å². The molecule has 3 heterocycles. The topological polar surface area (TPSA) is 97.0 Å². The lowest BCUT2D eigenvalue weighted by Gasteiger charge is -2.17. The minimum absolute atomic E-state index is 0.0867. The second-order valence-electron chi connectivity index (χ2n) is 8.01. The van der Waals surface area contributed by atoms with Gasteiger partial charge in [-0.3, -0.25) is 25.2 Å². The second kappa shape index (κ2) is 8.22. The Labute approximate surface area is 183 Å². The molecule has 9 heteroatoms. The van der Waals surface area contributed by atoms with Gasteiger partial charge < -0.3 is 14.4 Å². The number of anilines is 1. The van der Waals surface area contributed by atoms with Crippen LogP contribution in [-0.4, -0.2) is 31.1 Å². The molecular weight excluding hydrogens is 418 g/mol. The van der Waals surface area contributed by atoms with Crippen LogP contribution >= 0.6 is 11.3 Å². The molecule has 1 saturated heterocycles. The number of nitrogens with one attached hydrogen (secondary N) is 2. The highest BCUT2D eigenvalue weighted by Gasteiger charge is 2.36. The van der Waals surface area contributed by atoms with Crippen molar-refractivity contribution >= 4 is 34.7 Å². The summed E-state index contributed by atoms with van der Waals surface area (Å²) in [5.74, 6) is -0.157. The van der Waals surface area contributed by atoms with Crippen LogP contribution in [0.2, 0.25) is 0 Å². The summed E-state index contributed by atoms with van der Waals surface area (Å²) in [6.45, 7) is 0.401. The summed E-state index contributed by atoms with van der Waals surface area (Å²) in [4.78, 5) is 41.0. The fraction of sp³-hybridized carbons (Fsp3) is 0.409. The first kappa shape index (κ1) is 19.9. The van der Waals surface area contributed by atoms with Gasteiger partial charge in [0, 0.05) is 29.6 Å². The Hall–Kier alpha value is -3.07. The molecule has 0 bridgehead atoms. The first-order valence-electron chi connectivity index (χ1n) is 10.5. The fourth-order valence-electron chi connectivity index (χ4n) is 4.25. The number of hydrazine groups is 1. The molecule has 2 aromatic rings. The van der Waals surface area contributed by atoms with Crippen molar-refractivity contribution < 1.29 is 23.9 Å². The zero-order valence-electron chi connectivity index (χ0n) is 16.9. The molecule has 2 N–H and O–H groups in total. The summed E-state index contributed by atoms with van der Waals surface area (Å²) in [6.07, 6.45) is 5.63. The second-order valence-corrected chi connectivity index (χ2v) is 9.14. The number of hydrogen-bond acceptors (Lipinski definition) is 6. The lowest BCUT2D eigenvalue weighted by Crippen LogP contribution is -2.45. The Kier molecular flexibility index (Phi) is 5.27. The first-order chi connectivity index (χ1) is 15.1. The molecule has 1 aromatic carbocycles. The number of hydrogen-bond donors (Lipinski definition) is 2. The van der Waals surface area contributed by atoms with E-state index < -0.39 is 5.92 Å². The average Bonchev–Trinajstić information content (AvgIpc) is 3.46. The first-order valence-corrected chi connectivity index (χ1v) is 11.3. The zero-order valence-corrected chi connectivity index (χ0v) is 17.8. The van der Waals surface area contributed by atoms with Crippen molar-refractivity contribution in [1.82, 2.24) is 10.9 Å². The van der Waals surface area contributed by atoms with E-state index in [9.17, 15) is 14.4 Å². The number of carbonyl (C=O) groups is 3. The number of benzene rings is 1. The molecule has 8 nitrogen and oxygen atoms in total. The molecular formula is C22H23N3O5S. The number of nitrogens with zero attached hydrogens (tertiary/aromatic N) is 1. The van der Waals surface area contributed by atoms with Crippen LogP contribution in [0.3, 0.4) is 0 Å². The van der Waals surface area contributed by atoms with Crippen LogP contribution in [0.1, 0.15) is 45.8 Å². The number of carbonyl (C=O) groups excluding carboxylic acids is 3. The van der Waals surface area contributed by atoms with Crippen molar-refractivity contribution in [2.75, 3.05) is 18.2 Å². The van der Waals surface area contributed by atoms with E-state index in [4.69, 9.17) is 9.47 Å². The van der Waals surface area contributed by atoms with Gasteiger partial charge >= 0.3 is 0 Å². The smallest absolute Gasteiger partial charge is 0.279 e. The Morgan fingerprint density at radius 3 is 2.77 bits per heavy atom. The van der Waals surface area contributed by atoms with Crippen molar-refractivity contribution in [3.8, 4) is 11.5 Å². The SMILES string of the molecule is O=C(NNC(=O)C1CC(=O)N(c2ccc3c(c2)OCO3)C1)c1cc2c(s1)CCCCC2. The van der Waals surface area contributed by atoms with E-state index in [-0.39, 0.29) is 37.5 Å². The average molecular weight is 442 g/mol. The maximum atomic E-state index is 12.6. The van der Waals surface area contributed by atoms with E-state index in [1.807, 2.05) is 6.07 Å². The molecule has 162 valence electrons. The Bertz CT molecular complexity index is 1030. The highest BCUT2D eigenvalue weighted by molar-refractivity contribution is 7.14. The molecule has 0 radical (unpaired) electrons. The molecule has 1 aliphatic carbocycles. The lowest BCUT2D eigenvalue weighted by molar-refractivity contribution is -0.126. The van der Waals surface area contributed by atoms with E-state index in [0.29, 0.717) is 22.1 Å². The van der Waals surface area contributed by atoms with Crippen LogP contribution in [0.25, 0.3) is 0 Å². The van der Waals surface area contributed by atoms with Crippen LogP contribution in [0.4, 0.5) is 5.69 Å².